The molecule has 1 aromatic carbocycles. The predicted molar refractivity (Wildman–Crippen MR) is 108 cm³/mol. The molecule has 0 saturated carbocycles. The van der Waals surface area contributed by atoms with Crippen LogP contribution in [-0.4, -0.2) is 34.8 Å². The number of ketones is 1. The molecule has 0 aliphatic rings. The molecule has 0 fully saturated rings. The maximum atomic E-state index is 13.4. The number of Topliss-reactive ketones (excluding diaryl/α,β-unsaturated/α-hetero) is 1. The number of aromatic nitrogens is 1. The first-order valence-corrected chi connectivity index (χ1v) is 9.30. The zero-order valence-electron chi connectivity index (χ0n) is 17.8. The minimum absolute atomic E-state index is 0.00985. The highest BCUT2D eigenvalue weighted by Gasteiger charge is 2.33. The number of nitrogens with zero attached hydrogens (tertiary/aromatic N) is 1. The van der Waals surface area contributed by atoms with Crippen molar-refractivity contribution in [3.05, 3.63) is 46.8 Å². The van der Waals surface area contributed by atoms with Crippen LogP contribution in [0, 0.1) is 18.6 Å². The largest absolute Gasteiger partial charge is 0.493 e. The van der Waals surface area contributed by atoms with E-state index in [0.717, 1.165) is 12.1 Å². The second-order valence-electron chi connectivity index (χ2n) is 7.50. The molecule has 0 unspecified atom stereocenters. The van der Waals surface area contributed by atoms with Crippen molar-refractivity contribution >= 4 is 23.3 Å². The van der Waals surface area contributed by atoms with Gasteiger partial charge in [0.15, 0.2) is 17.4 Å². The van der Waals surface area contributed by atoms with Crippen LogP contribution >= 0.6 is 0 Å². The van der Waals surface area contributed by atoms with Gasteiger partial charge >= 0.3 is 0 Å². The summed E-state index contributed by atoms with van der Waals surface area (Å²) in [5.74, 6) is -4.62. The van der Waals surface area contributed by atoms with Crippen LogP contribution in [0.15, 0.2) is 18.2 Å². The Hall–Kier alpha value is -3.23. The molecule has 0 atom stereocenters. The van der Waals surface area contributed by atoms with Crippen molar-refractivity contribution in [3.8, 4) is 5.75 Å². The summed E-state index contributed by atoms with van der Waals surface area (Å²) in [7, 11) is 2.80. The van der Waals surface area contributed by atoms with Crippen LogP contribution in [0.1, 0.15) is 53.7 Å². The molecular weight excluding hydrogens is 396 g/mol. The standard InChI is InChI=1S/C21H25F2N3O4/c1-7-21(3,4)25-20(29)17(27)16-18(30-6)15(11(2)26(16)5)19(28)24-12-8-9-13(22)14(23)10-12/h8-10H,7H2,1-6H3,(H,24,28)(H,25,29). The Bertz CT molecular complexity index is 1010. The molecule has 0 saturated heterocycles. The van der Waals surface area contributed by atoms with Crippen LogP contribution in [0.3, 0.4) is 0 Å². The number of ether oxygens (including phenoxy) is 1. The molecule has 1 heterocycles. The topological polar surface area (TPSA) is 89.4 Å². The Balaban J connectivity index is 2.43. The number of methoxy groups -OCH3 is 1. The predicted octanol–water partition coefficient (Wildman–Crippen LogP) is 3.36. The van der Waals surface area contributed by atoms with Gasteiger partial charge in [-0.2, -0.15) is 0 Å². The number of carbonyl (C=O) groups is 3. The number of amides is 2. The van der Waals surface area contributed by atoms with E-state index in [-0.39, 0.29) is 22.7 Å². The lowest BCUT2D eigenvalue weighted by Gasteiger charge is -2.24. The molecule has 9 heteroatoms. The summed E-state index contributed by atoms with van der Waals surface area (Å²) in [5, 5.41) is 5.10. The van der Waals surface area contributed by atoms with Gasteiger partial charge in [-0.3, -0.25) is 14.4 Å². The third-order valence-electron chi connectivity index (χ3n) is 5.01. The smallest absolute Gasteiger partial charge is 0.294 e. The Morgan fingerprint density at radius 2 is 1.80 bits per heavy atom. The minimum Gasteiger partial charge on any atom is -0.493 e. The highest BCUT2D eigenvalue weighted by Crippen LogP contribution is 2.31. The van der Waals surface area contributed by atoms with Gasteiger partial charge in [0.05, 0.1) is 7.11 Å². The van der Waals surface area contributed by atoms with E-state index < -0.39 is 34.8 Å². The van der Waals surface area contributed by atoms with Crippen LogP contribution in [0.25, 0.3) is 0 Å². The average Bonchev–Trinajstić information content (AvgIpc) is 2.94. The Kier molecular flexibility index (Phi) is 6.64. The summed E-state index contributed by atoms with van der Waals surface area (Å²) in [6, 6.07) is 2.92. The molecule has 7 nitrogen and oxygen atoms in total. The lowest BCUT2D eigenvalue weighted by molar-refractivity contribution is -0.118. The normalized spacial score (nSPS) is 11.2. The zero-order valence-corrected chi connectivity index (χ0v) is 17.8. The van der Waals surface area contributed by atoms with E-state index in [4.69, 9.17) is 4.74 Å². The van der Waals surface area contributed by atoms with Crippen molar-refractivity contribution < 1.29 is 27.9 Å². The number of carbonyl (C=O) groups excluding carboxylic acids is 3. The quantitative estimate of drug-likeness (QED) is 0.530. The monoisotopic (exact) mass is 421 g/mol. The molecule has 0 aliphatic carbocycles. The molecule has 0 bridgehead atoms. The fourth-order valence-corrected chi connectivity index (χ4v) is 2.82. The first-order valence-electron chi connectivity index (χ1n) is 9.30. The van der Waals surface area contributed by atoms with Crippen LogP contribution in [0.2, 0.25) is 0 Å². The van der Waals surface area contributed by atoms with Gasteiger partial charge in [0.1, 0.15) is 11.3 Å². The van der Waals surface area contributed by atoms with Crippen molar-refractivity contribution in [2.45, 2.75) is 39.7 Å². The maximum Gasteiger partial charge on any atom is 0.294 e. The summed E-state index contributed by atoms with van der Waals surface area (Å²) in [4.78, 5) is 38.1. The van der Waals surface area contributed by atoms with Crippen LogP contribution in [0.5, 0.6) is 5.75 Å². The summed E-state index contributed by atoms with van der Waals surface area (Å²) >= 11 is 0. The second-order valence-corrected chi connectivity index (χ2v) is 7.50. The highest BCUT2D eigenvalue weighted by molar-refractivity contribution is 6.43. The van der Waals surface area contributed by atoms with E-state index in [1.54, 1.807) is 20.8 Å². The van der Waals surface area contributed by atoms with Crippen molar-refractivity contribution in [2.24, 2.45) is 7.05 Å². The molecule has 2 amide bonds. The molecule has 30 heavy (non-hydrogen) atoms. The van der Waals surface area contributed by atoms with Gasteiger partial charge in [-0.25, -0.2) is 8.78 Å². The van der Waals surface area contributed by atoms with E-state index in [9.17, 15) is 23.2 Å². The van der Waals surface area contributed by atoms with E-state index in [1.165, 1.54) is 24.8 Å². The Morgan fingerprint density at radius 3 is 2.33 bits per heavy atom. The third-order valence-corrected chi connectivity index (χ3v) is 5.01. The number of hydrogen-bond donors (Lipinski definition) is 2. The number of nitrogens with one attached hydrogen (secondary N) is 2. The van der Waals surface area contributed by atoms with Crippen LogP contribution in [-0.2, 0) is 11.8 Å². The van der Waals surface area contributed by atoms with Gasteiger partial charge in [-0.1, -0.05) is 6.92 Å². The minimum atomic E-state index is -1.12. The first kappa shape index (κ1) is 23.1. The summed E-state index contributed by atoms with van der Waals surface area (Å²) < 4.78 is 33.2. The second kappa shape index (κ2) is 8.64. The van der Waals surface area contributed by atoms with Crippen molar-refractivity contribution in [1.29, 1.82) is 0 Å². The van der Waals surface area contributed by atoms with E-state index in [2.05, 4.69) is 10.6 Å². The molecule has 1 aromatic heterocycles. The molecule has 0 aliphatic heterocycles. The van der Waals surface area contributed by atoms with E-state index in [1.807, 2.05) is 6.92 Å². The lowest BCUT2D eigenvalue weighted by Crippen LogP contribution is -2.46. The van der Waals surface area contributed by atoms with E-state index >= 15 is 0 Å². The molecule has 2 aromatic rings. The van der Waals surface area contributed by atoms with Gasteiger partial charge in [0, 0.05) is 30.0 Å². The third kappa shape index (κ3) is 4.50. The van der Waals surface area contributed by atoms with Gasteiger partial charge < -0.3 is 19.9 Å². The Morgan fingerprint density at radius 1 is 1.17 bits per heavy atom. The molecular formula is C21H25F2N3O4. The van der Waals surface area contributed by atoms with Crippen LogP contribution in [0.4, 0.5) is 14.5 Å². The molecule has 2 N–H and O–H groups in total. The van der Waals surface area contributed by atoms with Crippen molar-refractivity contribution in [1.82, 2.24) is 9.88 Å². The number of rotatable bonds is 7. The molecule has 2 rings (SSSR count). The fraction of sp³-hybridized carbons (Fsp3) is 0.381. The highest BCUT2D eigenvalue weighted by atomic mass is 19.2. The fourth-order valence-electron chi connectivity index (χ4n) is 2.82. The van der Waals surface area contributed by atoms with Gasteiger partial charge in [-0.05, 0) is 39.3 Å². The first-order chi connectivity index (χ1) is 13.9. The average molecular weight is 421 g/mol. The van der Waals surface area contributed by atoms with Crippen LogP contribution < -0.4 is 15.4 Å². The maximum absolute atomic E-state index is 13.4. The van der Waals surface area contributed by atoms with E-state index in [0.29, 0.717) is 12.1 Å². The molecule has 0 radical (unpaired) electrons. The lowest BCUT2D eigenvalue weighted by atomic mass is 10.0. The number of hydrogen-bond acceptors (Lipinski definition) is 4. The summed E-state index contributed by atoms with van der Waals surface area (Å²) in [5.41, 5.74) is -0.282. The van der Waals surface area contributed by atoms with Gasteiger partial charge in [0.25, 0.3) is 17.6 Å². The van der Waals surface area contributed by atoms with Gasteiger partial charge in [0.2, 0.25) is 0 Å². The Labute approximate surface area is 173 Å². The number of halogens is 2. The number of benzene rings is 1. The SMILES string of the molecule is CCC(C)(C)NC(=O)C(=O)c1c(OC)c(C(=O)Nc2ccc(F)c(F)c2)c(C)n1C. The zero-order chi connectivity index (χ0) is 22.8. The van der Waals surface area contributed by atoms with Crippen molar-refractivity contribution in [2.75, 3.05) is 12.4 Å². The van der Waals surface area contributed by atoms with Gasteiger partial charge in [-0.15, -0.1) is 0 Å². The summed E-state index contributed by atoms with van der Waals surface area (Å²) in [6.07, 6.45) is 0.608. The molecule has 0 spiro atoms. The molecule has 162 valence electrons. The van der Waals surface area contributed by atoms with Crippen molar-refractivity contribution in [3.63, 3.8) is 0 Å². The summed E-state index contributed by atoms with van der Waals surface area (Å²) in [6.45, 7) is 7.02. The number of anilines is 1.